The van der Waals surface area contributed by atoms with Gasteiger partial charge in [0.2, 0.25) is 0 Å². The van der Waals surface area contributed by atoms with Crippen molar-refractivity contribution in [3.63, 3.8) is 0 Å². The second kappa shape index (κ2) is 8.42. The first kappa shape index (κ1) is 20.3. The summed E-state index contributed by atoms with van der Waals surface area (Å²) in [5.41, 5.74) is 1.00. The summed E-state index contributed by atoms with van der Waals surface area (Å²) >= 11 is 1.06. The van der Waals surface area contributed by atoms with Crippen LogP contribution in [0.2, 0.25) is 0 Å². The summed E-state index contributed by atoms with van der Waals surface area (Å²) in [7, 11) is -3.83. The van der Waals surface area contributed by atoms with Crippen LogP contribution in [0.1, 0.15) is 21.5 Å². The molecule has 4 rings (SSSR count). The van der Waals surface area contributed by atoms with Crippen LogP contribution < -0.4 is 9.46 Å². The minimum absolute atomic E-state index is 0.0207. The number of anilines is 1. The summed E-state index contributed by atoms with van der Waals surface area (Å²) in [5, 5.41) is 1.64. The number of hydrogen-bond acceptors (Lipinski definition) is 7. The molecule has 0 radical (unpaired) electrons. The van der Waals surface area contributed by atoms with Crippen molar-refractivity contribution in [2.75, 3.05) is 11.5 Å². The number of para-hydroxylation sites is 1. The summed E-state index contributed by atoms with van der Waals surface area (Å²) in [5.74, 6) is -0.843. The Bertz CT molecular complexity index is 1180. The molecule has 0 fully saturated rings. The topological polar surface area (TPSA) is 90.9 Å². The molecule has 0 saturated heterocycles. The van der Waals surface area contributed by atoms with Gasteiger partial charge in [-0.25, -0.2) is 17.6 Å². The molecule has 30 heavy (non-hydrogen) atoms. The predicted octanol–water partition coefficient (Wildman–Crippen LogP) is 3.91. The Morgan fingerprint density at radius 2 is 2.03 bits per heavy atom. The highest BCUT2D eigenvalue weighted by molar-refractivity contribution is 7.94. The molecule has 1 aliphatic rings. The minimum atomic E-state index is -3.83. The quantitative estimate of drug-likeness (QED) is 0.574. The van der Waals surface area contributed by atoms with Gasteiger partial charge in [-0.2, -0.15) is 0 Å². The third-order valence-corrected chi connectivity index (χ3v) is 7.02. The molecule has 10 heteroatoms. The average Bonchev–Trinajstić information content (AvgIpc) is 3.28. The van der Waals surface area contributed by atoms with Crippen LogP contribution in [0.3, 0.4) is 0 Å². The number of ether oxygens (including phenoxy) is 3. The second-order valence-corrected chi connectivity index (χ2v) is 9.18. The summed E-state index contributed by atoms with van der Waals surface area (Å²) in [6.45, 7) is -0.0286. The fraction of sp³-hybridized carbons (Fsp3) is 0.150. The molecule has 0 spiro atoms. The maximum Gasteiger partial charge on any atom is 0.340 e. The van der Waals surface area contributed by atoms with Gasteiger partial charge in [-0.15, -0.1) is 11.3 Å². The Morgan fingerprint density at radius 3 is 2.83 bits per heavy atom. The predicted molar refractivity (Wildman–Crippen MR) is 107 cm³/mol. The van der Waals surface area contributed by atoms with Gasteiger partial charge in [0, 0.05) is 11.1 Å². The summed E-state index contributed by atoms with van der Waals surface area (Å²) < 4.78 is 57.2. The number of carbonyl (C=O) groups excluding carboxylic acids is 1. The van der Waals surface area contributed by atoms with E-state index in [1.165, 1.54) is 30.3 Å². The molecule has 2 aromatic carbocycles. The number of carbonyl (C=O) groups is 1. The van der Waals surface area contributed by atoms with Crippen LogP contribution in [0, 0.1) is 5.82 Å². The maximum atomic E-state index is 13.9. The first-order valence-electron chi connectivity index (χ1n) is 8.78. The van der Waals surface area contributed by atoms with Crippen molar-refractivity contribution in [1.29, 1.82) is 0 Å². The zero-order valence-electron chi connectivity index (χ0n) is 15.5. The molecule has 1 N–H and O–H groups in total. The van der Waals surface area contributed by atoms with Gasteiger partial charge >= 0.3 is 5.97 Å². The molecule has 1 aliphatic heterocycles. The first-order valence-corrected chi connectivity index (χ1v) is 11.1. The van der Waals surface area contributed by atoms with Gasteiger partial charge in [-0.3, -0.25) is 4.72 Å². The Hall–Kier alpha value is -2.95. The van der Waals surface area contributed by atoms with E-state index in [1.54, 1.807) is 23.6 Å². The van der Waals surface area contributed by atoms with E-state index in [4.69, 9.17) is 14.2 Å². The normalized spacial score (nSPS) is 13.2. The lowest BCUT2D eigenvalue weighted by molar-refractivity contribution is -0.0182. The third kappa shape index (κ3) is 4.30. The molecule has 3 aromatic rings. The van der Waals surface area contributed by atoms with Gasteiger partial charge in [0.05, 0.1) is 17.9 Å². The van der Waals surface area contributed by atoms with Gasteiger partial charge in [-0.1, -0.05) is 18.2 Å². The van der Waals surface area contributed by atoms with Crippen LogP contribution in [-0.2, 0) is 32.7 Å². The molecule has 0 bridgehead atoms. The summed E-state index contributed by atoms with van der Waals surface area (Å²) in [6, 6.07) is 11.7. The Morgan fingerprint density at radius 1 is 1.20 bits per heavy atom. The number of esters is 1. The summed E-state index contributed by atoms with van der Waals surface area (Å²) in [4.78, 5) is 12.7. The third-order valence-electron chi connectivity index (χ3n) is 4.26. The molecule has 2 heterocycles. The van der Waals surface area contributed by atoms with Gasteiger partial charge in [-0.05, 0) is 35.7 Å². The van der Waals surface area contributed by atoms with Crippen LogP contribution in [0.25, 0.3) is 0 Å². The van der Waals surface area contributed by atoms with E-state index >= 15 is 0 Å². The zero-order chi connectivity index (χ0) is 21.1. The van der Waals surface area contributed by atoms with E-state index in [-0.39, 0.29) is 35.5 Å². The molecule has 0 aliphatic carbocycles. The van der Waals surface area contributed by atoms with Crippen molar-refractivity contribution in [2.24, 2.45) is 0 Å². The highest BCUT2D eigenvalue weighted by Crippen LogP contribution is 2.30. The number of benzene rings is 2. The van der Waals surface area contributed by atoms with Crippen molar-refractivity contribution in [1.82, 2.24) is 0 Å². The number of rotatable bonds is 6. The number of sulfonamides is 1. The molecular weight excluding hydrogens is 433 g/mol. The fourth-order valence-electron chi connectivity index (χ4n) is 2.95. The average molecular weight is 449 g/mol. The zero-order valence-corrected chi connectivity index (χ0v) is 17.1. The molecule has 1 aromatic heterocycles. The lowest BCUT2D eigenvalue weighted by Gasteiger charge is -2.20. The Labute approximate surface area is 176 Å². The fourth-order valence-corrected chi connectivity index (χ4v) is 5.02. The van der Waals surface area contributed by atoms with E-state index in [0.29, 0.717) is 16.9 Å². The van der Waals surface area contributed by atoms with E-state index in [0.717, 1.165) is 11.3 Å². The highest BCUT2D eigenvalue weighted by atomic mass is 32.2. The van der Waals surface area contributed by atoms with E-state index in [2.05, 4.69) is 4.72 Å². The van der Waals surface area contributed by atoms with Gasteiger partial charge < -0.3 is 14.2 Å². The maximum absolute atomic E-state index is 13.9. The number of hydrogen-bond donors (Lipinski definition) is 1. The van der Waals surface area contributed by atoms with E-state index in [1.807, 2.05) is 0 Å². The van der Waals surface area contributed by atoms with E-state index < -0.39 is 21.8 Å². The Kier molecular flexibility index (Phi) is 5.71. The molecule has 0 amide bonds. The number of nitrogens with one attached hydrogen (secondary N) is 1. The van der Waals surface area contributed by atoms with Crippen LogP contribution in [0.4, 0.5) is 10.1 Å². The number of thiophene rings is 1. The van der Waals surface area contributed by atoms with E-state index in [9.17, 15) is 17.6 Å². The van der Waals surface area contributed by atoms with Crippen LogP contribution in [0.5, 0.6) is 5.75 Å². The second-order valence-electron chi connectivity index (χ2n) is 6.32. The van der Waals surface area contributed by atoms with Crippen molar-refractivity contribution in [3.05, 3.63) is 76.4 Å². The molecule has 156 valence electrons. The van der Waals surface area contributed by atoms with Crippen LogP contribution in [-0.4, -0.2) is 21.2 Å². The Balaban J connectivity index is 1.54. The first-order chi connectivity index (χ1) is 14.4. The SMILES string of the molecule is O=C(OCc1cc(F)cc2c1OCOC2)c1ccccc1NS(=O)(=O)c1cccs1. The number of fused-ring (bicyclic) bond motifs is 1. The lowest BCUT2D eigenvalue weighted by Crippen LogP contribution is -2.17. The van der Waals surface area contributed by atoms with Crippen molar-refractivity contribution in [2.45, 2.75) is 17.4 Å². The molecule has 7 nitrogen and oxygen atoms in total. The lowest BCUT2D eigenvalue weighted by atomic mass is 10.1. The van der Waals surface area contributed by atoms with Crippen molar-refractivity contribution < 1.29 is 31.8 Å². The summed E-state index contributed by atoms with van der Waals surface area (Å²) in [6.07, 6.45) is 0. The van der Waals surface area contributed by atoms with Crippen LogP contribution >= 0.6 is 11.3 Å². The monoisotopic (exact) mass is 449 g/mol. The molecule has 0 saturated carbocycles. The molecule has 0 unspecified atom stereocenters. The van der Waals surface area contributed by atoms with Gasteiger partial charge in [0.25, 0.3) is 10.0 Å². The van der Waals surface area contributed by atoms with Crippen molar-refractivity contribution in [3.8, 4) is 5.75 Å². The molecular formula is C20H16FNO6S2. The number of halogens is 1. The largest absolute Gasteiger partial charge is 0.467 e. The standard InChI is InChI=1S/C20H16FNO6S2/c21-15-8-13-10-26-12-28-19(13)14(9-15)11-27-20(23)16-4-1-2-5-17(16)22-30(24,25)18-6-3-7-29-18/h1-9,22H,10-12H2. The molecule has 0 atom stereocenters. The van der Waals surface area contributed by atoms with Gasteiger partial charge in [0.1, 0.15) is 22.4 Å². The smallest absolute Gasteiger partial charge is 0.340 e. The highest BCUT2D eigenvalue weighted by Gasteiger charge is 2.22. The van der Waals surface area contributed by atoms with Gasteiger partial charge in [0.15, 0.2) is 6.79 Å². The minimum Gasteiger partial charge on any atom is -0.467 e. The van der Waals surface area contributed by atoms with Crippen molar-refractivity contribution >= 4 is 33.0 Å². The van der Waals surface area contributed by atoms with Crippen LogP contribution in [0.15, 0.2) is 58.1 Å².